The molecule has 2 aromatic carbocycles. The summed E-state index contributed by atoms with van der Waals surface area (Å²) in [5, 5.41) is 20.4. The van der Waals surface area contributed by atoms with E-state index >= 15 is 0 Å². The number of benzene rings is 2. The Labute approximate surface area is 210 Å². The van der Waals surface area contributed by atoms with Crippen LogP contribution >= 0.6 is 0 Å². The molecule has 0 saturated heterocycles. The van der Waals surface area contributed by atoms with Gasteiger partial charge in [-0.05, 0) is 41.5 Å². The van der Waals surface area contributed by atoms with Crippen molar-refractivity contribution in [1.82, 2.24) is 0 Å². The highest BCUT2D eigenvalue weighted by molar-refractivity contribution is 7.86. The van der Waals surface area contributed by atoms with E-state index in [1.54, 1.807) is 36.4 Å². The summed E-state index contributed by atoms with van der Waals surface area (Å²) in [5.41, 5.74) is -0.347. The summed E-state index contributed by atoms with van der Waals surface area (Å²) < 4.78 is 58.5. The van der Waals surface area contributed by atoms with E-state index in [9.17, 15) is 27.0 Å². The van der Waals surface area contributed by atoms with Crippen molar-refractivity contribution in [2.24, 2.45) is 16.7 Å². The lowest BCUT2D eigenvalue weighted by Crippen LogP contribution is -2.45. The molecule has 10 heteroatoms. The molecule has 2 rings (SSSR count). The van der Waals surface area contributed by atoms with E-state index in [0.29, 0.717) is 0 Å². The molecule has 2 unspecified atom stereocenters. The van der Waals surface area contributed by atoms with E-state index in [0.717, 1.165) is 6.42 Å². The molecular formula is C25H40O8S2. The molecule has 0 heterocycles. The Balaban J connectivity index is 0.000000510. The molecule has 0 amide bonds. The Hall–Kier alpha value is -1.82. The van der Waals surface area contributed by atoms with Crippen molar-refractivity contribution in [3.63, 3.8) is 0 Å². The van der Waals surface area contributed by atoms with Crippen molar-refractivity contribution in [3.8, 4) is 0 Å². The molecule has 0 aliphatic heterocycles. The molecule has 0 radical (unpaired) electrons. The zero-order valence-corrected chi connectivity index (χ0v) is 23.1. The van der Waals surface area contributed by atoms with Crippen LogP contribution in [0.5, 0.6) is 0 Å². The van der Waals surface area contributed by atoms with E-state index in [1.807, 2.05) is 48.5 Å². The third-order valence-corrected chi connectivity index (χ3v) is 6.88. The van der Waals surface area contributed by atoms with Gasteiger partial charge >= 0.3 is 0 Å². The standard InChI is InChI=1S/C13H28O2.2C6H6O3S/c1-8-9(10(14)12(2,3)4)11(15)13(5,6)7;2*7-10(8,9)6-4-2-1-3-5-6/h9-11,14-15H,8H2,1-7H3;2*1-5H,(H,7,8,9). The van der Waals surface area contributed by atoms with Crippen molar-refractivity contribution in [1.29, 1.82) is 0 Å². The van der Waals surface area contributed by atoms with Crippen LogP contribution in [0.3, 0.4) is 0 Å². The Morgan fingerprint density at radius 3 is 1.03 bits per heavy atom. The number of hydrogen-bond donors (Lipinski definition) is 4. The third kappa shape index (κ3) is 12.6. The average molecular weight is 533 g/mol. The molecule has 0 bridgehead atoms. The van der Waals surface area contributed by atoms with Gasteiger partial charge in [0.15, 0.2) is 0 Å². The summed E-state index contributed by atoms with van der Waals surface area (Å²) in [5.74, 6) is -0.0509. The smallest absolute Gasteiger partial charge is 0.294 e. The first-order valence-corrected chi connectivity index (χ1v) is 14.0. The fourth-order valence-electron chi connectivity index (χ4n) is 3.09. The van der Waals surface area contributed by atoms with Gasteiger partial charge in [0.05, 0.1) is 22.0 Å². The van der Waals surface area contributed by atoms with Crippen LogP contribution in [0.2, 0.25) is 0 Å². The van der Waals surface area contributed by atoms with E-state index in [4.69, 9.17) is 9.11 Å². The quantitative estimate of drug-likeness (QED) is 0.405. The average Bonchev–Trinajstić information content (AvgIpc) is 2.74. The molecular weight excluding hydrogens is 492 g/mol. The van der Waals surface area contributed by atoms with Gasteiger partial charge in [0.2, 0.25) is 0 Å². The number of aliphatic hydroxyl groups excluding tert-OH is 2. The number of hydrogen-bond acceptors (Lipinski definition) is 6. The van der Waals surface area contributed by atoms with E-state index in [-0.39, 0.29) is 26.5 Å². The normalized spacial score (nSPS) is 14.9. The van der Waals surface area contributed by atoms with Crippen LogP contribution in [0, 0.1) is 16.7 Å². The predicted molar refractivity (Wildman–Crippen MR) is 137 cm³/mol. The highest BCUT2D eigenvalue weighted by Gasteiger charge is 2.38. The Kier molecular flexibility index (Phi) is 12.8. The van der Waals surface area contributed by atoms with Gasteiger partial charge in [-0.3, -0.25) is 9.11 Å². The van der Waals surface area contributed by atoms with E-state index < -0.39 is 32.4 Å². The van der Waals surface area contributed by atoms with Gasteiger partial charge in [-0.1, -0.05) is 84.9 Å². The minimum absolute atomic E-state index is 0.0509. The topological polar surface area (TPSA) is 149 Å². The highest BCUT2D eigenvalue weighted by atomic mass is 32.2. The summed E-state index contributed by atoms with van der Waals surface area (Å²) in [7, 11) is -8.01. The fraction of sp³-hybridized carbons (Fsp3) is 0.520. The molecule has 0 aromatic heterocycles. The molecule has 2 atom stereocenters. The Morgan fingerprint density at radius 1 is 0.629 bits per heavy atom. The Morgan fingerprint density at radius 2 is 0.886 bits per heavy atom. The number of rotatable bonds is 5. The lowest BCUT2D eigenvalue weighted by molar-refractivity contribution is -0.0809. The van der Waals surface area contributed by atoms with Gasteiger partial charge < -0.3 is 10.2 Å². The van der Waals surface area contributed by atoms with Crippen molar-refractivity contribution in [3.05, 3.63) is 60.7 Å². The molecule has 0 spiro atoms. The van der Waals surface area contributed by atoms with Crippen LogP contribution in [-0.2, 0) is 20.2 Å². The molecule has 35 heavy (non-hydrogen) atoms. The first-order chi connectivity index (χ1) is 15.7. The van der Waals surface area contributed by atoms with Crippen LogP contribution in [0.15, 0.2) is 70.5 Å². The lowest BCUT2D eigenvalue weighted by atomic mass is 9.71. The molecule has 0 saturated carbocycles. The SMILES string of the molecule is CCC(C(O)C(C)(C)C)C(O)C(C)(C)C.O=S(=O)(O)c1ccccc1.O=S(=O)(O)c1ccccc1. The van der Waals surface area contributed by atoms with Gasteiger partial charge in [-0.15, -0.1) is 0 Å². The molecule has 2 aromatic rings. The third-order valence-electron chi connectivity index (χ3n) is 5.14. The summed E-state index contributed by atoms with van der Waals surface area (Å²) in [4.78, 5) is -0.148. The van der Waals surface area contributed by atoms with Gasteiger partial charge in [-0.25, -0.2) is 0 Å². The zero-order valence-electron chi connectivity index (χ0n) is 21.5. The summed E-state index contributed by atoms with van der Waals surface area (Å²) >= 11 is 0. The fourth-order valence-corrected chi connectivity index (χ4v) is 4.09. The number of aliphatic hydroxyl groups is 2. The second-order valence-corrected chi connectivity index (χ2v) is 13.1. The molecule has 0 fully saturated rings. The summed E-state index contributed by atoms with van der Waals surface area (Å²) in [6, 6.07) is 14.8. The monoisotopic (exact) mass is 532 g/mol. The van der Waals surface area contributed by atoms with E-state index in [2.05, 4.69) is 0 Å². The van der Waals surface area contributed by atoms with Crippen LogP contribution in [0.25, 0.3) is 0 Å². The van der Waals surface area contributed by atoms with Gasteiger partial charge in [0.25, 0.3) is 20.2 Å². The summed E-state index contributed by atoms with van der Waals surface area (Å²) in [6.07, 6.45) is -0.120. The van der Waals surface area contributed by atoms with Crippen LogP contribution in [0.4, 0.5) is 0 Å². The van der Waals surface area contributed by atoms with Crippen molar-refractivity contribution < 1.29 is 36.2 Å². The van der Waals surface area contributed by atoms with Gasteiger partial charge in [-0.2, -0.15) is 16.8 Å². The van der Waals surface area contributed by atoms with Crippen molar-refractivity contribution in [2.75, 3.05) is 0 Å². The highest BCUT2D eigenvalue weighted by Crippen LogP contribution is 2.35. The Bertz CT molecular complexity index is 982. The van der Waals surface area contributed by atoms with Crippen LogP contribution in [0.1, 0.15) is 54.9 Å². The second kappa shape index (κ2) is 13.5. The van der Waals surface area contributed by atoms with Gasteiger partial charge in [0.1, 0.15) is 0 Å². The maximum absolute atomic E-state index is 10.4. The molecule has 8 nitrogen and oxygen atoms in total. The first kappa shape index (κ1) is 33.2. The van der Waals surface area contributed by atoms with E-state index in [1.165, 1.54) is 24.3 Å². The molecule has 4 N–H and O–H groups in total. The lowest BCUT2D eigenvalue weighted by Gasteiger charge is -2.40. The summed E-state index contributed by atoms with van der Waals surface area (Å²) in [6.45, 7) is 14.1. The van der Waals surface area contributed by atoms with Crippen LogP contribution < -0.4 is 0 Å². The molecule has 0 aliphatic carbocycles. The first-order valence-electron chi connectivity index (χ1n) is 11.1. The minimum Gasteiger partial charge on any atom is -0.392 e. The minimum atomic E-state index is -4.00. The predicted octanol–water partition coefficient (Wildman–Crippen LogP) is 4.69. The molecule has 0 aliphatic rings. The maximum atomic E-state index is 10.4. The van der Waals surface area contributed by atoms with Crippen molar-refractivity contribution >= 4 is 20.2 Å². The van der Waals surface area contributed by atoms with Crippen LogP contribution in [-0.4, -0.2) is 48.4 Å². The zero-order chi connectivity index (χ0) is 27.7. The maximum Gasteiger partial charge on any atom is 0.294 e. The largest absolute Gasteiger partial charge is 0.392 e. The van der Waals surface area contributed by atoms with Crippen molar-refractivity contribution in [2.45, 2.75) is 76.9 Å². The second-order valence-electron chi connectivity index (χ2n) is 10.3. The molecule has 200 valence electrons. The van der Waals surface area contributed by atoms with Gasteiger partial charge in [0, 0.05) is 5.92 Å².